The molecule has 0 bridgehead atoms. The first-order valence-electron chi connectivity index (χ1n) is 9.96. The van der Waals surface area contributed by atoms with Gasteiger partial charge in [0.15, 0.2) is 17.3 Å². The Hall–Kier alpha value is -3.26. The average Bonchev–Trinajstić information content (AvgIpc) is 2.82. The van der Waals surface area contributed by atoms with E-state index in [9.17, 15) is 4.79 Å². The third kappa shape index (κ3) is 5.08. The lowest BCUT2D eigenvalue weighted by Gasteiger charge is -2.29. The number of benzene rings is 2. The van der Waals surface area contributed by atoms with Gasteiger partial charge < -0.3 is 19.7 Å². The number of hydrogen-bond acceptors (Lipinski definition) is 7. The van der Waals surface area contributed by atoms with Crippen molar-refractivity contribution in [2.45, 2.75) is 18.0 Å². The topological polar surface area (TPSA) is 76.6 Å². The SMILES string of the molecule is COc1ccc(NC(=O)CSc2ccc(N3CCc4ccccc4C3)nn2)cc1OC. The van der Waals surface area contributed by atoms with Gasteiger partial charge in [-0.2, -0.15) is 0 Å². The zero-order valence-corrected chi connectivity index (χ0v) is 18.3. The summed E-state index contributed by atoms with van der Waals surface area (Å²) in [6, 6.07) is 17.6. The highest BCUT2D eigenvalue weighted by atomic mass is 32.2. The minimum atomic E-state index is -0.129. The number of nitrogens with one attached hydrogen (secondary N) is 1. The summed E-state index contributed by atoms with van der Waals surface area (Å²) in [6.07, 6.45) is 1.00. The lowest BCUT2D eigenvalue weighted by molar-refractivity contribution is -0.113. The molecule has 0 saturated heterocycles. The molecule has 1 N–H and O–H groups in total. The van der Waals surface area contributed by atoms with Crippen LogP contribution in [0.25, 0.3) is 0 Å². The Balaban J connectivity index is 1.31. The van der Waals surface area contributed by atoms with E-state index in [2.05, 4.69) is 44.7 Å². The second kappa shape index (κ2) is 9.70. The Morgan fingerprint density at radius 3 is 2.58 bits per heavy atom. The number of fused-ring (bicyclic) bond motifs is 1. The van der Waals surface area contributed by atoms with Crippen molar-refractivity contribution < 1.29 is 14.3 Å². The number of carbonyl (C=O) groups is 1. The predicted octanol–water partition coefficient (Wildman–Crippen LogP) is 3.79. The molecule has 4 rings (SSSR count). The van der Waals surface area contributed by atoms with Crippen LogP contribution in [0.4, 0.5) is 11.5 Å². The van der Waals surface area contributed by atoms with E-state index in [0.717, 1.165) is 25.3 Å². The number of amides is 1. The summed E-state index contributed by atoms with van der Waals surface area (Å²) in [5, 5.41) is 12.2. The van der Waals surface area contributed by atoms with Gasteiger partial charge in [-0.05, 0) is 41.8 Å². The minimum absolute atomic E-state index is 0.129. The van der Waals surface area contributed by atoms with Crippen LogP contribution in [0.15, 0.2) is 59.6 Å². The van der Waals surface area contributed by atoms with Crippen LogP contribution in [-0.4, -0.2) is 42.6 Å². The maximum atomic E-state index is 12.3. The molecule has 0 fully saturated rings. The molecule has 1 aromatic heterocycles. The largest absolute Gasteiger partial charge is 0.493 e. The van der Waals surface area contributed by atoms with E-state index in [1.54, 1.807) is 32.4 Å². The van der Waals surface area contributed by atoms with Gasteiger partial charge in [-0.1, -0.05) is 36.0 Å². The average molecular weight is 437 g/mol. The van der Waals surface area contributed by atoms with Crippen LogP contribution in [-0.2, 0) is 17.8 Å². The van der Waals surface area contributed by atoms with Crippen molar-refractivity contribution in [3.05, 3.63) is 65.7 Å². The molecule has 0 spiro atoms. The first kappa shape index (κ1) is 21.0. The fraction of sp³-hybridized carbons (Fsp3) is 0.261. The Bertz CT molecular complexity index is 1060. The van der Waals surface area contributed by atoms with Gasteiger partial charge in [-0.25, -0.2) is 0 Å². The first-order valence-corrected chi connectivity index (χ1v) is 10.9. The molecule has 1 aliphatic heterocycles. The van der Waals surface area contributed by atoms with Crippen LogP contribution >= 0.6 is 11.8 Å². The van der Waals surface area contributed by atoms with Gasteiger partial charge in [0.2, 0.25) is 5.91 Å². The van der Waals surface area contributed by atoms with Crippen molar-refractivity contribution >= 4 is 29.2 Å². The number of thioether (sulfide) groups is 1. The quantitative estimate of drug-likeness (QED) is 0.565. The van der Waals surface area contributed by atoms with Crippen LogP contribution in [0.3, 0.4) is 0 Å². The van der Waals surface area contributed by atoms with Crippen LogP contribution in [0.1, 0.15) is 11.1 Å². The molecular weight excluding hydrogens is 412 g/mol. The number of ether oxygens (including phenoxy) is 2. The normalized spacial score (nSPS) is 12.8. The van der Waals surface area contributed by atoms with Crippen molar-refractivity contribution in [2.75, 3.05) is 36.7 Å². The fourth-order valence-corrected chi connectivity index (χ4v) is 4.11. The van der Waals surface area contributed by atoms with Gasteiger partial charge >= 0.3 is 0 Å². The molecule has 1 aliphatic rings. The van der Waals surface area contributed by atoms with Crippen molar-refractivity contribution in [1.29, 1.82) is 0 Å². The van der Waals surface area contributed by atoms with Gasteiger partial charge in [0, 0.05) is 24.8 Å². The smallest absolute Gasteiger partial charge is 0.234 e. The van der Waals surface area contributed by atoms with E-state index in [0.29, 0.717) is 22.2 Å². The highest BCUT2D eigenvalue weighted by molar-refractivity contribution is 7.99. The van der Waals surface area contributed by atoms with Gasteiger partial charge in [0.1, 0.15) is 5.03 Å². The van der Waals surface area contributed by atoms with E-state index in [4.69, 9.17) is 9.47 Å². The molecule has 0 unspecified atom stereocenters. The molecule has 0 aliphatic carbocycles. The van der Waals surface area contributed by atoms with E-state index >= 15 is 0 Å². The Morgan fingerprint density at radius 1 is 1.03 bits per heavy atom. The molecule has 2 aromatic carbocycles. The van der Waals surface area contributed by atoms with Crippen molar-refractivity contribution in [3.8, 4) is 11.5 Å². The molecule has 0 radical (unpaired) electrons. The summed E-state index contributed by atoms with van der Waals surface area (Å²) < 4.78 is 10.5. The highest BCUT2D eigenvalue weighted by Gasteiger charge is 2.17. The summed E-state index contributed by atoms with van der Waals surface area (Å²) in [6.45, 7) is 1.76. The number of methoxy groups -OCH3 is 2. The predicted molar refractivity (Wildman–Crippen MR) is 122 cm³/mol. The second-order valence-electron chi connectivity index (χ2n) is 7.08. The maximum absolute atomic E-state index is 12.3. The number of nitrogens with zero attached hydrogens (tertiary/aromatic N) is 3. The zero-order valence-electron chi connectivity index (χ0n) is 17.5. The number of aromatic nitrogens is 2. The summed E-state index contributed by atoms with van der Waals surface area (Å²) in [4.78, 5) is 14.5. The minimum Gasteiger partial charge on any atom is -0.493 e. The van der Waals surface area contributed by atoms with E-state index in [1.807, 2.05) is 12.1 Å². The van der Waals surface area contributed by atoms with Crippen molar-refractivity contribution in [2.24, 2.45) is 0 Å². The molecule has 2 heterocycles. The van der Waals surface area contributed by atoms with E-state index < -0.39 is 0 Å². The van der Waals surface area contributed by atoms with Crippen LogP contribution in [0.2, 0.25) is 0 Å². The van der Waals surface area contributed by atoms with Crippen LogP contribution < -0.4 is 19.7 Å². The summed E-state index contributed by atoms with van der Waals surface area (Å²) in [7, 11) is 3.13. The lowest BCUT2D eigenvalue weighted by atomic mass is 10.00. The Morgan fingerprint density at radius 2 is 1.84 bits per heavy atom. The van der Waals surface area contributed by atoms with E-state index in [1.165, 1.54) is 22.9 Å². The first-order chi connectivity index (χ1) is 15.2. The summed E-state index contributed by atoms with van der Waals surface area (Å²) in [5.74, 6) is 2.14. The van der Waals surface area contributed by atoms with E-state index in [-0.39, 0.29) is 11.7 Å². The molecular formula is C23H24N4O3S. The van der Waals surface area contributed by atoms with Crippen molar-refractivity contribution in [1.82, 2.24) is 10.2 Å². The summed E-state index contributed by atoms with van der Waals surface area (Å²) in [5.41, 5.74) is 3.38. The van der Waals surface area contributed by atoms with Crippen molar-refractivity contribution in [3.63, 3.8) is 0 Å². The molecule has 8 heteroatoms. The number of rotatable bonds is 7. The number of carbonyl (C=O) groups excluding carboxylic acids is 1. The van der Waals surface area contributed by atoms with Crippen LogP contribution in [0.5, 0.6) is 11.5 Å². The monoisotopic (exact) mass is 436 g/mol. The Labute approximate surface area is 185 Å². The third-order valence-electron chi connectivity index (χ3n) is 5.10. The standard InChI is InChI=1S/C23H24N4O3S/c1-29-19-8-7-18(13-20(19)30-2)24-22(28)15-31-23-10-9-21(25-26-23)27-12-11-16-5-3-4-6-17(16)14-27/h3-10,13H,11-12,14-15H2,1-2H3,(H,24,28). The second-order valence-corrected chi connectivity index (χ2v) is 8.07. The van der Waals surface area contributed by atoms with Gasteiger partial charge in [0.05, 0.1) is 20.0 Å². The van der Waals surface area contributed by atoms with Gasteiger partial charge in [-0.15, -0.1) is 10.2 Å². The molecule has 3 aromatic rings. The third-order valence-corrected chi connectivity index (χ3v) is 6.02. The lowest BCUT2D eigenvalue weighted by Crippen LogP contribution is -2.31. The number of hydrogen-bond donors (Lipinski definition) is 1. The Kier molecular flexibility index (Phi) is 6.57. The molecule has 0 saturated carbocycles. The molecule has 0 atom stereocenters. The fourth-order valence-electron chi connectivity index (χ4n) is 3.50. The maximum Gasteiger partial charge on any atom is 0.234 e. The van der Waals surface area contributed by atoms with Gasteiger partial charge in [0.25, 0.3) is 0 Å². The highest BCUT2D eigenvalue weighted by Crippen LogP contribution is 2.30. The zero-order chi connectivity index (χ0) is 21.6. The van der Waals surface area contributed by atoms with Crippen LogP contribution in [0, 0.1) is 0 Å². The molecule has 7 nitrogen and oxygen atoms in total. The van der Waals surface area contributed by atoms with Gasteiger partial charge in [-0.3, -0.25) is 4.79 Å². The molecule has 1 amide bonds. The molecule has 31 heavy (non-hydrogen) atoms. The number of anilines is 2. The molecule has 160 valence electrons. The summed E-state index contributed by atoms with van der Waals surface area (Å²) >= 11 is 1.35.